The first-order valence-electron chi connectivity index (χ1n) is 7.36. The van der Waals surface area contributed by atoms with Crippen molar-refractivity contribution >= 4 is 40.3 Å². The summed E-state index contributed by atoms with van der Waals surface area (Å²) in [7, 11) is 0. The van der Waals surface area contributed by atoms with Gasteiger partial charge in [-0.05, 0) is 79.2 Å². The van der Waals surface area contributed by atoms with E-state index in [1.54, 1.807) is 12.1 Å². The van der Waals surface area contributed by atoms with Crippen LogP contribution in [0.5, 0.6) is 0 Å². The van der Waals surface area contributed by atoms with Gasteiger partial charge in [-0.1, -0.05) is 18.2 Å². The number of aryl methyl sites for hydroxylation is 2. The molecule has 0 atom stereocenters. The van der Waals surface area contributed by atoms with Gasteiger partial charge < -0.3 is 10.6 Å². The second-order valence-corrected chi connectivity index (χ2v) is 6.13. The Morgan fingerprint density at radius 1 is 0.917 bits per heavy atom. The van der Waals surface area contributed by atoms with Crippen LogP contribution >= 0.6 is 24.4 Å². The van der Waals surface area contributed by atoms with E-state index in [1.165, 1.54) is 23.3 Å². The lowest BCUT2D eigenvalue weighted by molar-refractivity contribution is 0.626. The van der Waals surface area contributed by atoms with Crippen molar-refractivity contribution in [1.82, 2.24) is 16.2 Å². The standard InChI is InChI=1S/C17H19FN4S2/c1-11-3-8-15(9-12(11)2)20-17(24)22-21-16(23)19-10-13-4-6-14(18)7-5-13/h3-9H,10H2,1-2H3,(H2,19,21,23)(H2,20,22,24). The Labute approximate surface area is 151 Å². The van der Waals surface area contributed by atoms with Gasteiger partial charge in [-0.15, -0.1) is 0 Å². The Hall–Kier alpha value is -2.25. The molecule has 0 unspecified atom stereocenters. The van der Waals surface area contributed by atoms with Crippen molar-refractivity contribution in [3.8, 4) is 0 Å². The van der Waals surface area contributed by atoms with Crippen LogP contribution in [0.1, 0.15) is 16.7 Å². The van der Waals surface area contributed by atoms with E-state index in [4.69, 9.17) is 24.4 Å². The summed E-state index contributed by atoms with van der Waals surface area (Å²) in [6.07, 6.45) is 0. The van der Waals surface area contributed by atoms with E-state index >= 15 is 0 Å². The molecule has 0 aliphatic rings. The minimum atomic E-state index is -0.260. The van der Waals surface area contributed by atoms with Crippen LogP contribution in [0.2, 0.25) is 0 Å². The predicted octanol–water partition coefficient (Wildman–Crippen LogP) is 3.31. The fourth-order valence-corrected chi connectivity index (χ4v) is 2.22. The lowest BCUT2D eigenvalue weighted by Crippen LogP contribution is -2.47. The number of benzene rings is 2. The molecular weight excluding hydrogens is 343 g/mol. The van der Waals surface area contributed by atoms with Gasteiger partial charge in [-0.2, -0.15) is 0 Å². The first-order chi connectivity index (χ1) is 11.4. The zero-order valence-corrected chi connectivity index (χ0v) is 15.1. The Balaban J connectivity index is 1.73. The Morgan fingerprint density at radius 2 is 1.58 bits per heavy atom. The number of hydrogen-bond acceptors (Lipinski definition) is 2. The maximum Gasteiger partial charge on any atom is 0.189 e. The molecular formula is C17H19FN4S2. The summed E-state index contributed by atoms with van der Waals surface area (Å²) in [5.41, 5.74) is 9.87. The number of halogens is 1. The molecule has 24 heavy (non-hydrogen) atoms. The normalized spacial score (nSPS) is 9.96. The van der Waals surface area contributed by atoms with Crippen LogP contribution in [-0.4, -0.2) is 10.2 Å². The number of hydrazine groups is 1. The molecule has 0 saturated carbocycles. The molecule has 0 aliphatic carbocycles. The highest BCUT2D eigenvalue weighted by Gasteiger charge is 2.01. The van der Waals surface area contributed by atoms with Gasteiger partial charge in [-0.25, -0.2) is 4.39 Å². The molecule has 0 aliphatic heterocycles. The molecule has 0 radical (unpaired) electrons. The molecule has 0 fully saturated rings. The van der Waals surface area contributed by atoms with Crippen LogP contribution in [0.4, 0.5) is 10.1 Å². The third kappa shape index (κ3) is 5.75. The second-order valence-electron chi connectivity index (χ2n) is 5.31. The number of nitrogens with one attached hydrogen (secondary N) is 4. The molecule has 0 saturated heterocycles. The molecule has 2 aromatic carbocycles. The lowest BCUT2D eigenvalue weighted by atomic mass is 10.1. The average Bonchev–Trinajstić information content (AvgIpc) is 2.56. The van der Waals surface area contributed by atoms with E-state index in [2.05, 4.69) is 28.4 Å². The summed E-state index contributed by atoms with van der Waals surface area (Å²) in [6.45, 7) is 4.59. The van der Waals surface area contributed by atoms with E-state index in [0.717, 1.165) is 11.3 Å². The minimum absolute atomic E-state index is 0.260. The third-order valence-corrected chi connectivity index (χ3v) is 3.87. The van der Waals surface area contributed by atoms with Crippen molar-refractivity contribution < 1.29 is 4.39 Å². The van der Waals surface area contributed by atoms with Crippen LogP contribution in [0, 0.1) is 19.7 Å². The van der Waals surface area contributed by atoms with Gasteiger partial charge in [0.05, 0.1) is 0 Å². The first kappa shape index (κ1) is 18.1. The van der Waals surface area contributed by atoms with Crippen molar-refractivity contribution in [3.63, 3.8) is 0 Å². The van der Waals surface area contributed by atoms with Crippen LogP contribution in [0.25, 0.3) is 0 Å². The van der Waals surface area contributed by atoms with Gasteiger partial charge in [0.15, 0.2) is 10.2 Å². The number of thiocarbonyl (C=S) groups is 2. The zero-order valence-electron chi connectivity index (χ0n) is 13.4. The van der Waals surface area contributed by atoms with E-state index in [1.807, 2.05) is 25.1 Å². The number of hydrogen-bond donors (Lipinski definition) is 4. The van der Waals surface area contributed by atoms with Crippen LogP contribution in [-0.2, 0) is 6.54 Å². The summed E-state index contributed by atoms with van der Waals surface area (Å²) >= 11 is 10.4. The van der Waals surface area contributed by atoms with Crippen LogP contribution in [0.3, 0.4) is 0 Å². The fraction of sp³-hybridized carbons (Fsp3) is 0.176. The molecule has 126 valence electrons. The van der Waals surface area contributed by atoms with Gasteiger partial charge in [0.2, 0.25) is 0 Å². The quantitative estimate of drug-likeness (QED) is 0.496. The summed E-state index contributed by atoms with van der Waals surface area (Å²) in [5.74, 6) is -0.260. The monoisotopic (exact) mass is 362 g/mol. The molecule has 7 heteroatoms. The van der Waals surface area contributed by atoms with Gasteiger partial charge in [0.25, 0.3) is 0 Å². The van der Waals surface area contributed by atoms with Crippen molar-refractivity contribution in [3.05, 3.63) is 65.0 Å². The molecule has 0 heterocycles. The van der Waals surface area contributed by atoms with Gasteiger partial charge in [0.1, 0.15) is 5.82 Å². The summed E-state index contributed by atoms with van der Waals surface area (Å²) in [5, 5.41) is 6.88. The maximum atomic E-state index is 12.8. The van der Waals surface area contributed by atoms with Crippen molar-refractivity contribution in [2.45, 2.75) is 20.4 Å². The molecule has 0 spiro atoms. The second kappa shape index (κ2) is 8.56. The molecule has 0 bridgehead atoms. The summed E-state index contributed by atoms with van der Waals surface area (Å²) in [4.78, 5) is 0. The van der Waals surface area contributed by atoms with Gasteiger partial charge in [0, 0.05) is 12.2 Å². The van der Waals surface area contributed by atoms with E-state index in [0.29, 0.717) is 16.8 Å². The predicted molar refractivity (Wildman–Crippen MR) is 104 cm³/mol. The zero-order chi connectivity index (χ0) is 17.5. The third-order valence-electron chi connectivity index (χ3n) is 3.42. The van der Waals surface area contributed by atoms with Gasteiger partial charge in [-0.3, -0.25) is 10.9 Å². The molecule has 2 rings (SSSR count). The molecule has 2 aromatic rings. The topological polar surface area (TPSA) is 48.1 Å². The Morgan fingerprint density at radius 3 is 2.25 bits per heavy atom. The van der Waals surface area contributed by atoms with Crippen molar-refractivity contribution in [2.24, 2.45) is 0 Å². The largest absolute Gasteiger partial charge is 0.357 e. The lowest BCUT2D eigenvalue weighted by Gasteiger charge is -2.15. The fourth-order valence-electron chi connectivity index (χ4n) is 1.92. The summed E-state index contributed by atoms with van der Waals surface area (Å²) < 4.78 is 12.8. The van der Waals surface area contributed by atoms with Crippen LogP contribution in [0.15, 0.2) is 42.5 Å². The summed E-state index contributed by atoms with van der Waals surface area (Å²) in [6, 6.07) is 12.2. The smallest absolute Gasteiger partial charge is 0.189 e. The van der Waals surface area contributed by atoms with Crippen LogP contribution < -0.4 is 21.5 Å². The van der Waals surface area contributed by atoms with E-state index in [9.17, 15) is 4.39 Å². The highest BCUT2D eigenvalue weighted by Crippen LogP contribution is 2.13. The average molecular weight is 362 g/mol. The molecule has 4 nitrogen and oxygen atoms in total. The maximum absolute atomic E-state index is 12.8. The highest BCUT2D eigenvalue weighted by atomic mass is 32.1. The Bertz CT molecular complexity index is 732. The number of anilines is 1. The van der Waals surface area contributed by atoms with E-state index in [-0.39, 0.29) is 5.82 Å². The number of rotatable bonds is 3. The SMILES string of the molecule is Cc1ccc(NC(=S)NNC(=S)NCc2ccc(F)cc2)cc1C. The first-order valence-corrected chi connectivity index (χ1v) is 8.18. The molecule has 4 N–H and O–H groups in total. The van der Waals surface area contributed by atoms with Crippen molar-refractivity contribution in [1.29, 1.82) is 0 Å². The minimum Gasteiger partial charge on any atom is -0.357 e. The van der Waals surface area contributed by atoms with E-state index < -0.39 is 0 Å². The highest BCUT2D eigenvalue weighted by molar-refractivity contribution is 7.80. The van der Waals surface area contributed by atoms with Gasteiger partial charge >= 0.3 is 0 Å². The van der Waals surface area contributed by atoms with Crippen molar-refractivity contribution in [2.75, 3.05) is 5.32 Å². The molecule has 0 amide bonds. The Kier molecular flexibility index (Phi) is 6.45. The molecule has 0 aromatic heterocycles.